The van der Waals surface area contributed by atoms with Crippen LogP contribution < -0.4 is 16.4 Å². The molecule has 146 heavy (non-hydrogen) atoms. The quantitative estimate of drug-likeness (QED) is 0.0169. The molecular weight excluding hydrogens is 1970 g/mol. The fraction of sp³-hybridized carbons (Fsp3) is 0.200. The lowest BCUT2D eigenvalue weighted by atomic mass is 9.72. The van der Waals surface area contributed by atoms with E-state index in [2.05, 4.69) is 9.47 Å². The molecule has 41 heteroatoms. The smallest absolute Gasteiger partial charge is 0.411 e. The van der Waals surface area contributed by atoms with Gasteiger partial charge in [0.15, 0.2) is 11.6 Å². The second-order valence-electron chi connectivity index (χ2n) is 34.0. The largest absolute Gasteiger partial charge is 0.478 e. The summed E-state index contributed by atoms with van der Waals surface area (Å²) in [5.74, 6) is -16.2. The number of Topliss-reactive ketones (excluding diaryl/α,β-unsaturated/α-hetero) is 2. The number of esters is 4. The SMILES string of the molecule is CC(c1ccc2c(c1)C(=O)OC2=O)(c1ccc2c(c1)C(=O)OC2=O)C(F)(F)F.CCC(=O)c1ccc(C(c2ccc(C(=O)Cc3ccc(C(c4ccc(C)cc4)C(F)(F)F)cc3)cc2)(C(F)(F)F)C(F)(F)F)cc1C(=O)O.Cc1ccc(C(c2ccc(N3C(=O)c4ccc(C(C)(c5ccc6c(c5)C(=O)N(C)C6=O)C(F)(F)F)cc4C3=O)cc2)C(F)(F)F)cc1.Nc1ccc(C(c2ccc(N)cc2)C(F)(F)F)cc1.O=C=O. The Kier molecular flexibility index (Phi) is 30.2. The first-order chi connectivity index (χ1) is 68.0. The van der Waals surface area contributed by atoms with Gasteiger partial charge in [-0.2, -0.15) is 102 Å². The van der Waals surface area contributed by atoms with Crippen LogP contribution in [0.5, 0.6) is 0 Å². The normalized spacial score (nSPS) is 14.5. The number of nitrogen functional groups attached to an aromatic ring is 2. The maximum atomic E-state index is 14.9. The van der Waals surface area contributed by atoms with Crippen molar-refractivity contribution in [2.75, 3.05) is 23.4 Å². The van der Waals surface area contributed by atoms with Crippen molar-refractivity contribution in [3.63, 3.8) is 0 Å². The van der Waals surface area contributed by atoms with Gasteiger partial charge in [0, 0.05) is 42.4 Å². The Labute approximate surface area is 812 Å². The van der Waals surface area contributed by atoms with E-state index in [0.29, 0.717) is 40.5 Å². The van der Waals surface area contributed by atoms with Crippen LogP contribution in [-0.2, 0) is 41.7 Å². The first kappa shape index (κ1) is 108. The lowest BCUT2D eigenvalue weighted by Crippen LogP contribution is -2.54. The molecule has 4 aliphatic rings. The van der Waals surface area contributed by atoms with E-state index in [4.69, 9.17) is 21.1 Å². The third kappa shape index (κ3) is 21.2. The Hall–Kier alpha value is -16.5. The first-order valence-corrected chi connectivity index (χ1v) is 42.9. The van der Waals surface area contributed by atoms with E-state index in [-0.39, 0.29) is 130 Å². The highest BCUT2D eigenvalue weighted by Gasteiger charge is 2.73. The number of hydrogen-bond donors (Lipinski definition) is 3. The average Bonchev–Trinajstić information content (AvgIpc) is 1.04. The number of carbonyl (C=O) groups is 11. The number of halogens is 21. The summed E-state index contributed by atoms with van der Waals surface area (Å²) in [5, 5.41) is 9.53. The van der Waals surface area contributed by atoms with Crippen molar-refractivity contribution in [1.82, 2.24) is 4.90 Å². The van der Waals surface area contributed by atoms with Crippen molar-refractivity contribution >= 4 is 88.3 Å². The first-order valence-electron chi connectivity index (χ1n) is 42.9. The Morgan fingerprint density at radius 2 is 0.637 bits per heavy atom. The number of nitrogens with zero attached hydrogens (tertiary/aromatic N) is 2. The monoisotopic (exact) mass is 2040 g/mol. The molecule has 0 bridgehead atoms. The maximum Gasteiger partial charge on any atom is 0.411 e. The number of ether oxygens (including phenoxy) is 2. The zero-order valence-electron chi connectivity index (χ0n) is 76.0. The number of carbonyl (C=O) groups excluding carboxylic acids is 12. The number of anilines is 3. The summed E-state index contributed by atoms with van der Waals surface area (Å²) in [6, 6.07) is 48.9. The number of imide groups is 2. The number of benzene rings is 12. The molecule has 756 valence electrons. The van der Waals surface area contributed by atoms with E-state index >= 15 is 0 Å². The number of carboxylic acid groups (broad SMARTS) is 1. The second kappa shape index (κ2) is 40.7. The van der Waals surface area contributed by atoms with Gasteiger partial charge in [0.1, 0.15) is 28.6 Å². The minimum atomic E-state index is -6.07. The number of nitrogens with two attached hydrogens (primary N) is 2. The number of carboxylic acids is 1. The fourth-order valence-electron chi connectivity index (χ4n) is 17.1. The Balaban J connectivity index is 0.000000181. The average molecular weight is 2050 g/mol. The number of aryl methyl sites for hydroxylation is 2. The minimum absolute atomic E-state index is 0.000353. The van der Waals surface area contributed by atoms with Crippen LogP contribution in [0.3, 0.4) is 0 Å². The van der Waals surface area contributed by atoms with Crippen LogP contribution in [0, 0.1) is 13.8 Å². The molecule has 3 unspecified atom stereocenters. The number of alkyl halides is 21. The van der Waals surface area contributed by atoms with Gasteiger partial charge in [-0.3, -0.25) is 33.7 Å². The van der Waals surface area contributed by atoms with Crippen LogP contribution in [0.1, 0.15) is 242 Å². The third-order valence-corrected chi connectivity index (χ3v) is 25.0. The van der Waals surface area contributed by atoms with Gasteiger partial charge in [0.2, 0.25) is 5.41 Å². The van der Waals surface area contributed by atoms with Gasteiger partial charge in [0.25, 0.3) is 23.6 Å². The predicted octanol–water partition coefficient (Wildman–Crippen LogP) is 23.5. The summed E-state index contributed by atoms with van der Waals surface area (Å²) in [4.78, 5) is 153. The topological polar surface area (TPSA) is 319 Å². The lowest BCUT2D eigenvalue weighted by Gasteiger charge is -2.38. The summed E-state index contributed by atoms with van der Waals surface area (Å²) >= 11 is 0. The molecular formula is C105H73F21N4O16. The fourth-order valence-corrected chi connectivity index (χ4v) is 17.1. The molecule has 12 aromatic rings. The molecule has 0 aromatic heterocycles. The van der Waals surface area contributed by atoms with E-state index < -0.39 is 177 Å². The van der Waals surface area contributed by atoms with Gasteiger partial charge < -0.3 is 26.0 Å². The van der Waals surface area contributed by atoms with E-state index in [0.717, 1.165) is 127 Å². The second-order valence-corrected chi connectivity index (χ2v) is 34.0. The summed E-state index contributed by atoms with van der Waals surface area (Å²) in [6.45, 7) is 6.55. The molecule has 4 heterocycles. The zero-order valence-corrected chi connectivity index (χ0v) is 76.0. The summed E-state index contributed by atoms with van der Waals surface area (Å²) in [6.07, 6.45) is -36.0. The molecule has 12 aromatic carbocycles. The van der Waals surface area contributed by atoms with Crippen molar-refractivity contribution in [3.05, 3.63) is 406 Å². The van der Waals surface area contributed by atoms with Gasteiger partial charge in [-0.15, -0.1) is 0 Å². The van der Waals surface area contributed by atoms with Crippen molar-refractivity contribution in [1.29, 1.82) is 0 Å². The molecule has 4 aliphatic heterocycles. The molecule has 16 rings (SSSR count). The number of aromatic carboxylic acids is 1. The van der Waals surface area contributed by atoms with Crippen LogP contribution in [0.15, 0.2) is 261 Å². The van der Waals surface area contributed by atoms with Crippen LogP contribution in [0.2, 0.25) is 0 Å². The molecule has 0 aliphatic carbocycles. The van der Waals surface area contributed by atoms with Gasteiger partial charge in [0.05, 0.1) is 55.8 Å². The molecule has 0 spiro atoms. The molecule has 0 saturated carbocycles. The summed E-state index contributed by atoms with van der Waals surface area (Å²) in [5.41, 5.74) is -4.21. The molecule has 0 fully saturated rings. The van der Waals surface area contributed by atoms with E-state index in [1.807, 2.05) is 0 Å². The van der Waals surface area contributed by atoms with Crippen molar-refractivity contribution in [2.24, 2.45) is 0 Å². The van der Waals surface area contributed by atoms with Gasteiger partial charge in [-0.05, 0) is 191 Å². The highest BCUT2D eigenvalue weighted by atomic mass is 19.4. The Bertz CT molecular complexity index is 7060. The number of rotatable bonds is 19. The molecule has 4 amide bonds. The van der Waals surface area contributed by atoms with E-state index in [1.165, 1.54) is 123 Å². The van der Waals surface area contributed by atoms with Gasteiger partial charge in [-0.1, -0.05) is 188 Å². The third-order valence-electron chi connectivity index (χ3n) is 25.0. The zero-order chi connectivity index (χ0) is 108. The summed E-state index contributed by atoms with van der Waals surface area (Å²) in [7, 11) is 1.22. The summed E-state index contributed by atoms with van der Waals surface area (Å²) < 4.78 is 308. The van der Waals surface area contributed by atoms with Crippen LogP contribution in [-0.4, -0.2) is 131 Å². The lowest BCUT2D eigenvalue weighted by molar-refractivity contribution is -0.288. The molecule has 0 radical (unpaired) electrons. The van der Waals surface area contributed by atoms with Crippen LogP contribution in [0.25, 0.3) is 0 Å². The number of ketones is 2. The van der Waals surface area contributed by atoms with E-state index in [1.54, 1.807) is 38.1 Å². The van der Waals surface area contributed by atoms with E-state index in [9.17, 15) is 150 Å². The van der Waals surface area contributed by atoms with Crippen LogP contribution in [0.4, 0.5) is 109 Å². The molecule has 3 atom stereocenters. The number of fused-ring (bicyclic) bond motifs is 4. The van der Waals surface area contributed by atoms with Gasteiger partial charge >= 0.3 is 79.2 Å². The standard InChI is InChI=1S/C36H27F9O4.C35H24F6N2O4.C19H9F3O6.C14H13F3N2.CO2/c1-3-29(46)27-17-16-26(19-28(27)32(48)49)33(35(40,41)42,36(43,44)45)25-14-12-22(13-15-25)30(47)18-21-6-10-24(11-7-21)31(34(37,38)39)23-8-4-20(2)5-9-23;1-18-4-6-19(7-5-18)28(34(36,37)38)20-8-12-23(13-9-20)43-31(46)25-15-11-22(17-27(25)32(43)47)33(2,35(39,40)41)21-10-14-24-26(16-21)30(45)42(3)29(24)44;1-18(19(20,21)22,8-2-4-10-12(6-8)16(25)27-14(10)23)9-3-5-11-13(7-9)17(26)28-15(11)24;15-14(16,17)13(9-1-5-11(18)6-2-9)10-3-7-12(19)8-4-10;2-1-3/h4-17,19,31H,3,18H2,1-2H3,(H,48,49);4-17,28H,1-3H3;2-7H,1H3;1-8,13H,18-19H2;. The number of hydrogen-bond acceptors (Lipinski definition) is 17. The number of amides is 4. The highest BCUT2D eigenvalue weighted by Crippen LogP contribution is 2.58. The molecule has 0 saturated heterocycles. The van der Waals surface area contributed by atoms with Crippen molar-refractivity contribution < 1.29 is 169 Å². The molecule has 20 nitrogen and oxygen atoms in total. The minimum Gasteiger partial charge on any atom is -0.478 e. The Morgan fingerprint density at radius 3 is 0.979 bits per heavy atom. The predicted molar refractivity (Wildman–Crippen MR) is 479 cm³/mol. The highest BCUT2D eigenvalue weighted by molar-refractivity contribution is 6.34. The Morgan fingerprint density at radius 1 is 0.342 bits per heavy atom. The van der Waals surface area contributed by atoms with Crippen molar-refractivity contribution in [3.8, 4) is 0 Å². The van der Waals surface area contributed by atoms with Gasteiger partial charge in [-0.25, -0.2) is 28.9 Å². The van der Waals surface area contributed by atoms with Crippen LogP contribution >= 0.6 is 0 Å². The molecule has 5 N–H and O–H groups in total. The number of cyclic esters (lactones) is 4. The maximum absolute atomic E-state index is 14.9. The van der Waals surface area contributed by atoms with Crippen molar-refractivity contribution in [2.45, 2.75) is 125 Å².